The van der Waals surface area contributed by atoms with Crippen molar-refractivity contribution in [2.45, 2.75) is 18.4 Å². The first-order chi connectivity index (χ1) is 11.2. The number of Topliss-reactive ketones (excluding diaryl/α,β-unsaturated/α-hetero) is 1. The van der Waals surface area contributed by atoms with Gasteiger partial charge in [0.05, 0.1) is 15.6 Å². The highest BCUT2D eigenvalue weighted by atomic mass is 35.5. The van der Waals surface area contributed by atoms with Crippen molar-refractivity contribution in [1.29, 1.82) is 0 Å². The maximum absolute atomic E-state index is 12.3. The number of ketones is 1. The highest BCUT2D eigenvalue weighted by molar-refractivity contribution is 7.92. The highest BCUT2D eigenvalue weighted by Crippen LogP contribution is 2.30. The van der Waals surface area contributed by atoms with Gasteiger partial charge in [0, 0.05) is 5.56 Å². The van der Waals surface area contributed by atoms with Crippen LogP contribution in [0.25, 0.3) is 0 Å². The molecule has 24 heavy (non-hydrogen) atoms. The number of alkyl halides is 2. The third-order valence-electron chi connectivity index (χ3n) is 2.95. The van der Waals surface area contributed by atoms with E-state index in [4.69, 9.17) is 11.6 Å². The molecule has 0 aliphatic carbocycles. The van der Waals surface area contributed by atoms with Gasteiger partial charge in [-0.1, -0.05) is 23.7 Å². The largest absolute Gasteiger partial charge is 0.433 e. The van der Waals surface area contributed by atoms with Crippen LogP contribution < -0.4 is 9.46 Å². The Balaban J connectivity index is 2.28. The minimum Gasteiger partial charge on any atom is -0.433 e. The standard InChI is InChI=1S/C15H12ClF2NO4S/c1-9(20)10-3-2-4-12(7-10)24(21,22)19-11-5-6-14(13(16)8-11)23-15(17)18/h2-8,15,19H,1H3. The Hall–Kier alpha value is -2.19. The Kier molecular flexibility index (Phi) is 5.40. The average Bonchev–Trinajstić information content (AvgIpc) is 2.49. The van der Waals surface area contributed by atoms with Gasteiger partial charge in [-0.05, 0) is 37.3 Å². The first-order valence-electron chi connectivity index (χ1n) is 6.57. The summed E-state index contributed by atoms with van der Waals surface area (Å²) in [5, 5.41) is -0.173. The minimum atomic E-state index is -3.97. The maximum Gasteiger partial charge on any atom is 0.387 e. The summed E-state index contributed by atoms with van der Waals surface area (Å²) in [5.41, 5.74) is 0.312. The quantitative estimate of drug-likeness (QED) is 0.776. The Labute approximate surface area is 142 Å². The molecular weight excluding hydrogens is 364 g/mol. The van der Waals surface area contributed by atoms with E-state index in [1.807, 2.05) is 0 Å². The molecule has 0 aliphatic rings. The molecule has 2 aromatic carbocycles. The average molecular weight is 376 g/mol. The number of hydrogen-bond acceptors (Lipinski definition) is 4. The van der Waals surface area contributed by atoms with Crippen molar-refractivity contribution in [2.75, 3.05) is 4.72 Å². The number of sulfonamides is 1. The molecule has 0 aliphatic heterocycles. The molecular formula is C15H12ClF2NO4S. The molecule has 2 rings (SSSR count). The molecule has 0 spiro atoms. The summed E-state index contributed by atoms with van der Waals surface area (Å²) in [6, 6.07) is 9.00. The predicted molar refractivity (Wildman–Crippen MR) is 85.3 cm³/mol. The molecule has 0 saturated heterocycles. The topological polar surface area (TPSA) is 72.5 Å². The number of nitrogens with one attached hydrogen (secondary N) is 1. The van der Waals surface area contributed by atoms with Crippen molar-refractivity contribution >= 4 is 33.1 Å². The van der Waals surface area contributed by atoms with Crippen LogP contribution in [0.5, 0.6) is 5.75 Å². The highest BCUT2D eigenvalue weighted by Gasteiger charge is 2.17. The number of hydrogen-bond donors (Lipinski definition) is 1. The molecule has 0 fully saturated rings. The van der Waals surface area contributed by atoms with Crippen LogP contribution in [0.2, 0.25) is 5.02 Å². The fourth-order valence-corrected chi connectivity index (χ4v) is 3.17. The van der Waals surface area contributed by atoms with E-state index >= 15 is 0 Å². The summed E-state index contributed by atoms with van der Waals surface area (Å²) in [5.74, 6) is -0.545. The normalized spacial score (nSPS) is 11.4. The molecule has 0 aromatic heterocycles. The van der Waals surface area contributed by atoms with E-state index < -0.39 is 16.6 Å². The van der Waals surface area contributed by atoms with E-state index in [0.717, 1.165) is 12.1 Å². The number of carbonyl (C=O) groups excluding carboxylic acids is 1. The van der Waals surface area contributed by atoms with Crippen LogP contribution in [-0.4, -0.2) is 20.8 Å². The van der Waals surface area contributed by atoms with Crippen molar-refractivity contribution in [3.8, 4) is 5.75 Å². The third-order valence-corrected chi connectivity index (χ3v) is 4.63. The number of ether oxygens (including phenoxy) is 1. The van der Waals surface area contributed by atoms with Crippen LogP contribution >= 0.6 is 11.6 Å². The van der Waals surface area contributed by atoms with Crippen LogP contribution in [0.15, 0.2) is 47.4 Å². The molecule has 0 heterocycles. The molecule has 5 nitrogen and oxygen atoms in total. The molecule has 2 aromatic rings. The number of anilines is 1. The lowest BCUT2D eigenvalue weighted by atomic mass is 10.2. The maximum atomic E-state index is 12.3. The first-order valence-corrected chi connectivity index (χ1v) is 8.43. The Bertz CT molecular complexity index is 872. The molecule has 0 unspecified atom stereocenters. The van der Waals surface area contributed by atoms with E-state index in [2.05, 4.69) is 9.46 Å². The van der Waals surface area contributed by atoms with E-state index in [1.54, 1.807) is 0 Å². The number of carbonyl (C=O) groups is 1. The summed E-state index contributed by atoms with van der Waals surface area (Å²) in [6.07, 6.45) is 0. The molecule has 0 atom stereocenters. The fraction of sp³-hybridized carbons (Fsp3) is 0.133. The summed E-state index contributed by atoms with van der Waals surface area (Å²) >= 11 is 5.78. The Morgan fingerprint density at radius 2 is 1.92 bits per heavy atom. The monoisotopic (exact) mass is 375 g/mol. The summed E-state index contributed by atoms with van der Waals surface area (Å²) in [4.78, 5) is 11.2. The van der Waals surface area contributed by atoms with Gasteiger partial charge in [-0.25, -0.2) is 8.42 Å². The molecule has 0 bridgehead atoms. The predicted octanol–water partition coefficient (Wildman–Crippen LogP) is 3.94. The zero-order valence-electron chi connectivity index (χ0n) is 12.3. The lowest BCUT2D eigenvalue weighted by molar-refractivity contribution is -0.0497. The van der Waals surface area contributed by atoms with Crippen LogP contribution in [-0.2, 0) is 10.0 Å². The van der Waals surface area contributed by atoms with Gasteiger partial charge in [0.1, 0.15) is 5.75 Å². The van der Waals surface area contributed by atoms with Crippen molar-refractivity contribution in [3.05, 3.63) is 53.1 Å². The van der Waals surface area contributed by atoms with E-state index in [-0.39, 0.29) is 32.7 Å². The van der Waals surface area contributed by atoms with Crippen LogP contribution in [0.4, 0.5) is 14.5 Å². The number of rotatable bonds is 6. The molecule has 0 saturated carbocycles. The van der Waals surface area contributed by atoms with Gasteiger partial charge in [-0.15, -0.1) is 0 Å². The molecule has 0 radical (unpaired) electrons. The van der Waals surface area contributed by atoms with Crippen molar-refractivity contribution < 1.29 is 26.7 Å². The van der Waals surface area contributed by atoms with Gasteiger partial charge < -0.3 is 4.74 Å². The second-order valence-electron chi connectivity index (χ2n) is 4.71. The first kappa shape index (κ1) is 18.2. The van der Waals surface area contributed by atoms with Gasteiger partial charge in [-0.2, -0.15) is 8.78 Å². The zero-order valence-corrected chi connectivity index (χ0v) is 13.9. The van der Waals surface area contributed by atoms with Crippen LogP contribution in [0.3, 0.4) is 0 Å². The van der Waals surface area contributed by atoms with Crippen molar-refractivity contribution in [3.63, 3.8) is 0 Å². The van der Waals surface area contributed by atoms with Crippen molar-refractivity contribution in [1.82, 2.24) is 0 Å². The lowest BCUT2D eigenvalue weighted by Crippen LogP contribution is -2.13. The molecule has 0 amide bonds. The van der Waals surface area contributed by atoms with Crippen LogP contribution in [0.1, 0.15) is 17.3 Å². The Morgan fingerprint density at radius 3 is 2.50 bits per heavy atom. The van der Waals surface area contributed by atoms with Crippen molar-refractivity contribution in [2.24, 2.45) is 0 Å². The van der Waals surface area contributed by atoms with E-state index in [9.17, 15) is 22.0 Å². The van der Waals surface area contributed by atoms with Gasteiger partial charge in [0.2, 0.25) is 0 Å². The minimum absolute atomic E-state index is 0.0647. The zero-order chi connectivity index (χ0) is 17.9. The SMILES string of the molecule is CC(=O)c1cccc(S(=O)(=O)Nc2ccc(OC(F)F)c(Cl)c2)c1. The molecule has 1 N–H and O–H groups in total. The van der Waals surface area contributed by atoms with Crippen LogP contribution in [0, 0.1) is 0 Å². The number of halogens is 3. The second kappa shape index (κ2) is 7.14. The van der Waals surface area contributed by atoms with E-state index in [1.165, 1.54) is 37.3 Å². The van der Waals surface area contributed by atoms with Gasteiger partial charge in [-0.3, -0.25) is 9.52 Å². The molecule has 128 valence electrons. The number of benzene rings is 2. The third kappa shape index (κ3) is 4.42. The Morgan fingerprint density at radius 1 is 1.21 bits per heavy atom. The fourth-order valence-electron chi connectivity index (χ4n) is 1.85. The van der Waals surface area contributed by atoms with Gasteiger partial charge in [0.25, 0.3) is 10.0 Å². The smallest absolute Gasteiger partial charge is 0.387 e. The second-order valence-corrected chi connectivity index (χ2v) is 6.80. The summed E-state index contributed by atoms with van der Waals surface area (Å²) < 4.78 is 55.5. The van der Waals surface area contributed by atoms with E-state index in [0.29, 0.717) is 0 Å². The lowest BCUT2D eigenvalue weighted by Gasteiger charge is -2.11. The summed E-state index contributed by atoms with van der Waals surface area (Å²) in [7, 11) is -3.97. The summed E-state index contributed by atoms with van der Waals surface area (Å²) in [6.45, 7) is -1.72. The van der Waals surface area contributed by atoms with Gasteiger partial charge >= 0.3 is 6.61 Å². The molecule has 9 heteroatoms. The van der Waals surface area contributed by atoms with Gasteiger partial charge in [0.15, 0.2) is 5.78 Å².